The first-order valence-corrected chi connectivity index (χ1v) is 10.5. The molecule has 0 bridgehead atoms. The minimum atomic E-state index is -3.97. The van der Waals surface area contributed by atoms with Crippen LogP contribution in [0.5, 0.6) is 0 Å². The molecule has 2 N–H and O–H groups in total. The molecule has 158 valence electrons. The number of benzene rings is 2. The second kappa shape index (κ2) is 7.22. The monoisotopic (exact) mass is 456 g/mol. The van der Waals surface area contributed by atoms with Crippen LogP contribution in [-0.4, -0.2) is 42.9 Å². The Morgan fingerprint density at radius 1 is 1.17 bits per heavy atom. The molecule has 0 unspecified atom stereocenters. The van der Waals surface area contributed by atoms with E-state index in [9.17, 15) is 22.0 Å². The normalized spacial score (nSPS) is 16.4. The maximum Gasteiger partial charge on any atom is 0.405 e. The smallest absolute Gasteiger partial charge is 0.405 e. The van der Waals surface area contributed by atoms with E-state index < -0.39 is 35.1 Å². The lowest BCUT2D eigenvalue weighted by molar-refractivity contribution is -0.0945. The molecule has 1 amide bonds. The Kier molecular flexibility index (Phi) is 4.95. The van der Waals surface area contributed by atoms with E-state index in [1.165, 1.54) is 12.1 Å². The molecule has 0 aliphatic carbocycles. The summed E-state index contributed by atoms with van der Waals surface area (Å²) < 4.78 is 57.1. The molecule has 11 heteroatoms. The average molecular weight is 457 g/mol. The highest BCUT2D eigenvalue weighted by molar-refractivity contribution is 7.89. The molecule has 30 heavy (non-hydrogen) atoms. The fraction of sp³-hybridized carbons (Fsp3) is 0.211. The number of carbonyl (C=O) groups is 1. The van der Waals surface area contributed by atoms with Crippen LogP contribution in [0.3, 0.4) is 0 Å². The predicted octanol–water partition coefficient (Wildman–Crippen LogP) is 4.16. The van der Waals surface area contributed by atoms with Gasteiger partial charge in [0.25, 0.3) is 5.92 Å². The summed E-state index contributed by atoms with van der Waals surface area (Å²) in [5.74, 6) is -2.60. The largest absolute Gasteiger partial charge is 0.465 e. The number of hydrogen-bond acceptors (Lipinski definition) is 4. The van der Waals surface area contributed by atoms with E-state index in [0.717, 1.165) is 4.31 Å². The molecule has 0 spiro atoms. The van der Waals surface area contributed by atoms with Crippen LogP contribution in [0.4, 0.5) is 13.6 Å². The summed E-state index contributed by atoms with van der Waals surface area (Å²) in [6.45, 7) is -1.65. The Bertz CT molecular complexity index is 1230. The van der Waals surface area contributed by atoms with Crippen LogP contribution in [0.2, 0.25) is 5.02 Å². The first-order valence-electron chi connectivity index (χ1n) is 8.72. The SMILES string of the molecule is O=C(O)NCc1cc2cc(-c3ccc(S(=O)(=O)N4CC(F)(F)C4)cc3)cc(Cl)c2o1. The van der Waals surface area contributed by atoms with Crippen molar-refractivity contribution < 1.29 is 31.5 Å². The third-order valence-electron chi connectivity index (χ3n) is 4.68. The summed E-state index contributed by atoms with van der Waals surface area (Å²) in [5, 5.41) is 11.9. The lowest BCUT2D eigenvalue weighted by Gasteiger charge is -2.37. The van der Waals surface area contributed by atoms with Gasteiger partial charge in [-0.1, -0.05) is 23.7 Å². The Labute approximate surface area is 174 Å². The third-order valence-corrected chi connectivity index (χ3v) is 6.76. The predicted molar refractivity (Wildman–Crippen MR) is 105 cm³/mol. The highest BCUT2D eigenvalue weighted by Crippen LogP contribution is 2.35. The molecule has 2 aromatic carbocycles. The zero-order valence-electron chi connectivity index (χ0n) is 15.2. The molecule has 4 rings (SSSR count). The van der Waals surface area contributed by atoms with E-state index in [2.05, 4.69) is 5.32 Å². The van der Waals surface area contributed by atoms with Crippen molar-refractivity contribution in [2.75, 3.05) is 13.1 Å². The van der Waals surface area contributed by atoms with Crippen molar-refractivity contribution in [3.63, 3.8) is 0 Å². The van der Waals surface area contributed by atoms with Crippen molar-refractivity contribution in [2.45, 2.75) is 17.4 Å². The zero-order valence-corrected chi connectivity index (χ0v) is 16.8. The average Bonchev–Trinajstić information content (AvgIpc) is 3.08. The first kappa shape index (κ1) is 20.6. The number of furan rings is 1. The van der Waals surface area contributed by atoms with E-state index in [-0.39, 0.29) is 11.4 Å². The van der Waals surface area contributed by atoms with Crippen LogP contribution in [-0.2, 0) is 16.6 Å². The standard InChI is InChI=1S/C19H15ClF2N2O5S/c20-16-7-12(5-13-6-14(29-17(13)16)8-23-18(25)26)11-1-3-15(4-2-11)30(27,28)24-9-19(21,22)10-24/h1-7,23H,8-10H2,(H,25,26). The van der Waals surface area contributed by atoms with Gasteiger partial charge in [0.2, 0.25) is 10.0 Å². The molecular weight excluding hydrogens is 442 g/mol. The fourth-order valence-electron chi connectivity index (χ4n) is 3.19. The number of hydrogen-bond donors (Lipinski definition) is 2. The number of nitrogens with zero attached hydrogens (tertiary/aromatic N) is 1. The van der Waals surface area contributed by atoms with Gasteiger partial charge >= 0.3 is 6.09 Å². The third kappa shape index (κ3) is 3.85. The van der Waals surface area contributed by atoms with Gasteiger partial charge in [-0.05, 0) is 41.5 Å². The molecule has 1 aliphatic rings. The lowest BCUT2D eigenvalue weighted by atomic mass is 10.0. The van der Waals surface area contributed by atoms with Crippen molar-refractivity contribution in [1.82, 2.24) is 9.62 Å². The summed E-state index contributed by atoms with van der Waals surface area (Å²) >= 11 is 6.28. The second-order valence-corrected chi connectivity index (χ2v) is 9.25. The summed E-state index contributed by atoms with van der Waals surface area (Å²) in [6, 6.07) is 10.9. The van der Waals surface area contributed by atoms with Gasteiger partial charge in [0.1, 0.15) is 5.76 Å². The molecule has 7 nitrogen and oxygen atoms in total. The Morgan fingerprint density at radius 2 is 1.83 bits per heavy atom. The minimum Gasteiger partial charge on any atom is -0.465 e. The van der Waals surface area contributed by atoms with Gasteiger partial charge in [-0.2, -0.15) is 4.31 Å². The second-order valence-electron chi connectivity index (χ2n) is 6.90. The quantitative estimate of drug-likeness (QED) is 0.600. The van der Waals surface area contributed by atoms with Crippen molar-refractivity contribution in [3.8, 4) is 11.1 Å². The van der Waals surface area contributed by atoms with Crippen LogP contribution < -0.4 is 5.32 Å². The van der Waals surface area contributed by atoms with E-state index >= 15 is 0 Å². The van der Waals surface area contributed by atoms with Gasteiger partial charge in [0.05, 0.1) is 29.6 Å². The Balaban J connectivity index is 1.60. The number of amides is 1. The van der Waals surface area contributed by atoms with Crippen molar-refractivity contribution in [2.24, 2.45) is 0 Å². The molecule has 0 atom stereocenters. The number of rotatable bonds is 5. The maximum absolute atomic E-state index is 13.0. The number of carboxylic acid groups (broad SMARTS) is 1. The van der Waals surface area contributed by atoms with E-state index in [0.29, 0.717) is 32.9 Å². The molecule has 2 heterocycles. The van der Waals surface area contributed by atoms with Gasteiger partial charge in [0, 0.05) is 5.39 Å². The number of fused-ring (bicyclic) bond motifs is 1. The van der Waals surface area contributed by atoms with E-state index in [1.54, 1.807) is 30.3 Å². The molecule has 0 saturated carbocycles. The van der Waals surface area contributed by atoms with Crippen LogP contribution in [0, 0.1) is 0 Å². The fourth-order valence-corrected chi connectivity index (χ4v) is 4.95. The van der Waals surface area contributed by atoms with Gasteiger partial charge in [-0.3, -0.25) is 0 Å². The van der Waals surface area contributed by atoms with Crippen molar-refractivity contribution >= 4 is 38.7 Å². The molecule has 1 saturated heterocycles. The van der Waals surface area contributed by atoms with Gasteiger partial charge < -0.3 is 14.8 Å². The van der Waals surface area contributed by atoms with E-state index in [4.69, 9.17) is 21.1 Å². The highest BCUT2D eigenvalue weighted by Gasteiger charge is 2.49. The molecule has 3 aromatic rings. The first-order chi connectivity index (χ1) is 14.0. The Morgan fingerprint density at radius 3 is 2.43 bits per heavy atom. The van der Waals surface area contributed by atoms with E-state index in [1.807, 2.05) is 0 Å². The zero-order chi connectivity index (χ0) is 21.7. The summed E-state index contributed by atoms with van der Waals surface area (Å²) in [7, 11) is -3.97. The maximum atomic E-state index is 13.0. The molecule has 1 aromatic heterocycles. The Hall–Kier alpha value is -2.69. The van der Waals surface area contributed by atoms with Gasteiger partial charge in [-0.15, -0.1) is 0 Å². The topological polar surface area (TPSA) is 99.8 Å². The number of alkyl halides is 2. The van der Waals surface area contributed by atoms with Crippen LogP contribution in [0.15, 0.2) is 51.8 Å². The van der Waals surface area contributed by atoms with Gasteiger partial charge in [0.15, 0.2) is 5.58 Å². The highest BCUT2D eigenvalue weighted by atomic mass is 35.5. The molecule has 0 radical (unpaired) electrons. The molecule has 1 fully saturated rings. The number of halogens is 3. The number of nitrogens with one attached hydrogen (secondary N) is 1. The minimum absolute atomic E-state index is 0.0161. The van der Waals surface area contributed by atoms with Crippen LogP contribution in [0.25, 0.3) is 22.1 Å². The van der Waals surface area contributed by atoms with Crippen molar-refractivity contribution in [3.05, 3.63) is 53.2 Å². The molecular formula is C19H15ClF2N2O5S. The van der Waals surface area contributed by atoms with Crippen LogP contribution in [0.1, 0.15) is 5.76 Å². The molecule has 1 aliphatic heterocycles. The summed E-state index contributed by atoms with van der Waals surface area (Å²) in [5.41, 5.74) is 1.75. The van der Waals surface area contributed by atoms with Gasteiger partial charge in [-0.25, -0.2) is 22.0 Å². The summed E-state index contributed by atoms with van der Waals surface area (Å²) in [6.07, 6.45) is -1.18. The number of sulfonamides is 1. The lowest BCUT2D eigenvalue weighted by Crippen LogP contribution is -2.58. The summed E-state index contributed by atoms with van der Waals surface area (Å²) in [4.78, 5) is 10.6. The van der Waals surface area contributed by atoms with Crippen molar-refractivity contribution in [1.29, 1.82) is 0 Å². The van der Waals surface area contributed by atoms with Crippen LogP contribution >= 0.6 is 11.6 Å².